The molecule has 5 nitrogen and oxygen atoms in total. The quantitative estimate of drug-likeness (QED) is 0.893. The van der Waals surface area contributed by atoms with Crippen molar-refractivity contribution in [1.82, 2.24) is 0 Å². The van der Waals surface area contributed by atoms with E-state index in [2.05, 4.69) is 4.99 Å². The Bertz CT molecular complexity index is 704. The van der Waals surface area contributed by atoms with Crippen LogP contribution in [0, 0.1) is 5.82 Å². The Morgan fingerprint density at radius 3 is 2.90 bits per heavy atom. The Morgan fingerprint density at radius 2 is 2.24 bits per heavy atom. The van der Waals surface area contributed by atoms with Crippen LogP contribution in [0.2, 0.25) is 0 Å². The van der Waals surface area contributed by atoms with Crippen LogP contribution < -0.4 is 10.6 Å². The molecule has 21 heavy (non-hydrogen) atoms. The average Bonchev–Trinajstić information content (AvgIpc) is 2.95. The van der Waals surface area contributed by atoms with Gasteiger partial charge in [-0.15, -0.1) is 0 Å². The third-order valence-electron chi connectivity index (χ3n) is 4.45. The van der Waals surface area contributed by atoms with E-state index in [-0.39, 0.29) is 11.8 Å². The lowest BCUT2D eigenvalue weighted by molar-refractivity contribution is 0.461. The Balaban J connectivity index is 2.11. The molecule has 1 fully saturated rings. The van der Waals surface area contributed by atoms with Crippen molar-refractivity contribution >= 4 is 21.5 Å². The van der Waals surface area contributed by atoms with Crippen molar-refractivity contribution in [1.29, 1.82) is 0 Å². The smallest absolute Gasteiger partial charge is 0.196 e. The summed E-state index contributed by atoms with van der Waals surface area (Å²) in [4.78, 5) is 5.97. The minimum atomic E-state index is -3.23. The molecule has 0 aromatic heterocycles. The number of sulfone groups is 1. The van der Waals surface area contributed by atoms with E-state index in [1.165, 1.54) is 18.4 Å². The van der Waals surface area contributed by atoms with Gasteiger partial charge in [0, 0.05) is 11.9 Å². The van der Waals surface area contributed by atoms with Gasteiger partial charge in [0.25, 0.3) is 0 Å². The largest absolute Gasteiger partial charge is 0.369 e. The molecule has 0 saturated heterocycles. The first-order valence-electron chi connectivity index (χ1n) is 6.89. The maximum atomic E-state index is 13.5. The van der Waals surface area contributed by atoms with Gasteiger partial charge in [-0.2, -0.15) is 0 Å². The van der Waals surface area contributed by atoms with Crippen LogP contribution in [0.25, 0.3) is 0 Å². The first-order valence-corrected chi connectivity index (χ1v) is 8.85. The maximum Gasteiger partial charge on any atom is 0.196 e. The molecule has 7 heteroatoms. The Hall–Kier alpha value is -1.63. The summed E-state index contributed by atoms with van der Waals surface area (Å²) in [5.41, 5.74) is 5.86. The number of aliphatic imine (C=N–C) groups is 1. The van der Waals surface area contributed by atoms with Crippen LogP contribution in [0.15, 0.2) is 29.3 Å². The second-order valence-corrected chi connectivity index (χ2v) is 8.03. The van der Waals surface area contributed by atoms with Gasteiger partial charge in [0.15, 0.2) is 15.8 Å². The van der Waals surface area contributed by atoms with Gasteiger partial charge in [0.1, 0.15) is 5.82 Å². The lowest BCUT2D eigenvalue weighted by Gasteiger charge is -2.40. The summed E-state index contributed by atoms with van der Waals surface area (Å²) in [6.07, 6.45) is 3.33. The number of hydrogen-bond donors (Lipinski definition) is 1. The molecule has 2 aliphatic rings. The van der Waals surface area contributed by atoms with Crippen LogP contribution in [-0.4, -0.2) is 38.0 Å². The molecular formula is C14H18FN3O2S. The summed E-state index contributed by atoms with van der Waals surface area (Å²) in [6.45, 7) is 0.340. The zero-order valence-electron chi connectivity index (χ0n) is 11.8. The van der Waals surface area contributed by atoms with Crippen molar-refractivity contribution in [3.8, 4) is 0 Å². The third kappa shape index (κ3) is 2.19. The predicted octanol–water partition coefficient (Wildman–Crippen LogP) is 1.30. The van der Waals surface area contributed by atoms with E-state index in [1.54, 1.807) is 17.0 Å². The molecule has 3 rings (SSSR count). The first-order chi connectivity index (χ1) is 9.84. The summed E-state index contributed by atoms with van der Waals surface area (Å²) in [5.74, 6) is -0.118. The maximum absolute atomic E-state index is 13.5. The highest BCUT2D eigenvalue weighted by molar-refractivity contribution is 7.91. The summed E-state index contributed by atoms with van der Waals surface area (Å²) >= 11 is 0. The summed E-state index contributed by atoms with van der Waals surface area (Å²) in [6, 6.07) is 6.04. The fourth-order valence-corrected chi connectivity index (χ4v) is 5.35. The fraction of sp³-hybridized carbons (Fsp3) is 0.500. The number of nitrogens with two attached hydrogens (primary N) is 1. The van der Waals surface area contributed by atoms with Crippen LogP contribution in [-0.2, 0) is 9.84 Å². The van der Waals surface area contributed by atoms with Gasteiger partial charge in [0.2, 0.25) is 0 Å². The molecule has 1 saturated carbocycles. The number of nitrogens with zero attached hydrogens (tertiary/aromatic N) is 2. The van der Waals surface area contributed by atoms with E-state index < -0.39 is 20.6 Å². The predicted molar refractivity (Wildman–Crippen MR) is 80.6 cm³/mol. The molecule has 1 aliphatic heterocycles. The molecule has 1 aliphatic carbocycles. The topological polar surface area (TPSA) is 75.8 Å². The second kappa shape index (κ2) is 4.69. The molecule has 0 amide bonds. The van der Waals surface area contributed by atoms with E-state index in [1.807, 2.05) is 0 Å². The number of halogens is 1. The van der Waals surface area contributed by atoms with Gasteiger partial charge in [0.05, 0.1) is 17.3 Å². The number of hydrogen-bond acceptors (Lipinski definition) is 5. The highest BCUT2D eigenvalue weighted by Gasteiger charge is 2.55. The van der Waals surface area contributed by atoms with E-state index in [4.69, 9.17) is 5.73 Å². The highest BCUT2D eigenvalue weighted by atomic mass is 32.2. The average molecular weight is 311 g/mol. The van der Waals surface area contributed by atoms with Gasteiger partial charge >= 0.3 is 0 Å². The lowest BCUT2D eigenvalue weighted by atomic mass is 9.95. The molecule has 1 spiro atoms. The number of guanidine groups is 1. The molecule has 114 valence electrons. The Labute approximate surface area is 123 Å². The number of benzene rings is 1. The van der Waals surface area contributed by atoms with Crippen LogP contribution in [0.5, 0.6) is 0 Å². The second-order valence-electron chi connectivity index (χ2n) is 5.80. The SMILES string of the molecule is CS(=O)(=O)C1CCCC12CN=C(N)N2c1cccc(F)c1. The third-order valence-corrected chi connectivity index (χ3v) is 6.16. The molecule has 0 bridgehead atoms. The zero-order chi connectivity index (χ0) is 15.3. The molecule has 2 atom stereocenters. The summed E-state index contributed by atoms with van der Waals surface area (Å²) in [5, 5.41) is -0.530. The molecule has 2 N–H and O–H groups in total. The summed E-state index contributed by atoms with van der Waals surface area (Å²) < 4.78 is 37.8. The Morgan fingerprint density at radius 1 is 1.48 bits per heavy atom. The van der Waals surface area contributed by atoms with Crippen LogP contribution >= 0.6 is 0 Å². The van der Waals surface area contributed by atoms with Crippen LogP contribution in [0.4, 0.5) is 10.1 Å². The number of anilines is 1. The van der Waals surface area contributed by atoms with E-state index in [9.17, 15) is 12.8 Å². The first kappa shape index (κ1) is 14.3. The Kier molecular flexibility index (Phi) is 3.20. The molecule has 0 radical (unpaired) electrons. The molecule has 1 aromatic rings. The molecule has 1 aromatic carbocycles. The summed E-state index contributed by atoms with van der Waals surface area (Å²) in [7, 11) is -3.23. The van der Waals surface area contributed by atoms with Gasteiger partial charge in [-0.05, 0) is 37.5 Å². The standard InChI is InChI=1S/C14H18FN3O2S/c1-21(19,20)12-6-3-7-14(12)9-17-13(16)18(14)11-5-2-4-10(15)8-11/h2,4-5,8,12H,3,6-7,9H2,1H3,(H2,16,17). The van der Waals surface area contributed by atoms with Gasteiger partial charge in [-0.1, -0.05) is 6.07 Å². The minimum Gasteiger partial charge on any atom is -0.369 e. The molecule has 2 unspecified atom stereocenters. The van der Waals surface area contributed by atoms with Gasteiger partial charge < -0.3 is 10.6 Å². The van der Waals surface area contributed by atoms with Crippen LogP contribution in [0.1, 0.15) is 19.3 Å². The molecule has 1 heterocycles. The van der Waals surface area contributed by atoms with Crippen molar-refractivity contribution in [2.45, 2.75) is 30.1 Å². The van der Waals surface area contributed by atoms with Gasteiger partial charge in [-0.25, -0.2) is 12.8 Å². The van der Waals surface area contributed by atoms with E-state index in [0.717, 1.165) is 6.42 Å². The number of rotatable bonds is 2. The lowest BCUT2D eigenvalue weighted by Crippen LogP contribution is -2.58. The van der Waals surface area contributed by atoms with Crippen molar-refractivity contribution in [3.63, 3.8) is 0 Å². The van der Waals surface area contributed by atoms with Crippen LogP contribution in [0.3, 0.4) is 0 Å². The highest BCUT2D eigenvalue weighted by Crippen LogP contribution is 2.44. The van der Waals surface area contributed by atoms with Gasteiger partial charge in [-0.3, -0.25) is 4.99 Å². The zero-order valence-corrected chi connectivity index (χ0v) is 12.6. The fourth-order valence-electron chi connectivity index (χ4n) is 3.66. The minimum absolute atomic E-state index is 0.260. The van der Waals surface area contributed by atoms with E-state index >= 15 is 0 Å². The van der Waals surface area contributed by atoms with Crippen molar-refractivity contribution in [3.05, 3.63) is 30.1 Å². The molecular weight excluding hydrogens is 293 g/mol. The van der Waals surface area contributed by atoms with Crippen molar-refractivity contribution < 1.29 is 12.8 Å². The van der Waals surface area contributed by atoms with Crippen molar-refractivity contribution in [2.24, 2.45) is 10.7 Å². The van der Waals surface area contributed by atoms with E-state index in [0.29, 0.717) is 25.1 Å². The van der Waals surface area contributed by atoms with Crippen molar-refractivity contribution in [2.75, 3.05) is 17.7 Å². The monoisotopic (exact) mass is 311 g/mol. The normalized spacial score (nSPS) is 29.1.